The molecule has 0 aliphatic rings. The normalized spacial score (nSPS) is 12.4. The molecule has 0 unspecified atom stereocenters. The Kier molecular flexibility index (Phi) is 8.54. The summed E-state index contributed by atoms with van der Waals surface area (Å²) in [6.07, 6.45) is 3.24. The summed E-state index contributed by atoms with van der Waals surface area (Å²) in [6.45, 7) is 8.89. The van der Waals surface area contributed by atoms with Gasteiger partial charge in [0.05, 0.1) is 0 Å². The zero-order valence-corrected chi connectivity index (χ0v) is 17.2. The standard InChI is InChI=1S/C25H30O3/c1-19(2)23(21-11-7-5-8-12-21)15-17-27-25(26)28-18-16-24(20(3)4)22-13-9-6-10-14-22/h5-16,19-20H,17-18H2,1-4H3/b23-15-,24-16-. The highest BCUT2D eigenvalue weighted by Gasteiger charge is 2.09. The summed E-state index contributed by atoms with van der Waals surface area (Å²) >= 11 is 0. The fraction of sp³-hybridized carbons (Fsp3) is 0.320. The maximum absolute atomic E-state index is 11.9. The van der Waals surface area contributed by atoms with Crippen LogP contribution in [0.1, 0.15) is 38.8 Å². The molecule has 3 heteroatoms. The van der Waals surface area contributed by atoms with Gasteiger partial charge in [0, 0.05) is 0 Å². The van der Waals surface area contributed by atoms with Gasteiger partial charge in [0.25, 0.3) is 0 Å². The van der Waals surface area contributed by atoms with Crippen molar-refractivity contribution in [3.05, 3.63) is 83.9 Å². The van der Waals surface area contributed by atoms with Gasteiger partial charge in [-0.1, -0.05) is 88.4 Å². The number of hydrogen-bond acceptors (Lipinski definition) is 3. The molecule has 0 radical (unpaired) electrons. The molecule has 0 aliphatic heterocycles. The molecule has 0 atom stereocenters. The van der Waals surface area contributed by atoms with Crippen LogP contribution in [0.15, 0.2) is 72.8 Å². The van der Waals surface area contributed by atoms with E-state index in [9.17, 15) is 4.79 Å². The first-order valence-corrected chi connectivity index (χ1v) is 9.79. The zero-order chi connectivity index (χ0) is 20.4. The first kappa shape index (κ1) is 21.5. The van der Waals surface area contributed by atoms with Crippen LogP contribution in [0, 0.1) is 11.8 Å². The van der Waals surface area contributed by atoms with Crippen molar-refractivity contribution in [1.29, 1.82) is 0 Å². The molecule has 148 valence electrons. The van der Waals surface area contributed by atoms with E-state index in [4.69, 9.17) is 9.47 Å². The Labute approximate surface area is 168 Å². The zero-order valence-electron chi connectivity index (χ0n) is 17.2. The van der Waals surface area contributed by atoms with Crippen molar-refractivity contribution >= 4 is 17.3 Å². The van der Waals surface area contributed by atoms with Gasteiger partial charge < -0.3 is 9.47 Å². The number of carbonyl (C=O) groups is 1. The molecule has 0 aromatic heterocycles. The largest absolute Gasteiger partial charge is 0.508 e. The van der Waals surface area contributed by atoms with Crippen LogP contribution in [0.5, 0.6) is 0 Å². The van der Waals surface area contributed by atoms with E-state index >= 15 is 0 Å². The van der Waals surface area contributed by atoms with Gasteiger partial charge in [-0.2, -0.15) is 0 Å². The molecule has 0 saturated carbocycles. The number of allylic oxidation sites excluding steroid dienone is 2. The summed E-state index contributed by atoms with van der Waals surface area (Å²) in [5.41, 5.74) is 4.59. The van der Waals surface area contributed by atoms with Crippen LogP contribution in [0.4, 0.5) is 4.79 Å². The van der Waals surface area contributed by atoms with Crippen LogP contribution in [-0.2, 0) is 9.47 Å². The second kappa shape index (κ2) is 11.1. The average molecular weight is 379 g/mol. The molecule has 28 heavy (non-hydrogen) atoms. The predicted octanol–water partition coefficient (Wildman–Crippen LogP) is 6.62. The lowest BCUT2D eigenvalue weighted by atomic mass is 9.95. The van der Waals surface area contributed by atoms with Crippen LogP contribution in [0.3, 0.4) is 0 Å². The molecule has 3 nitrogen and oxygen atoms in total. The third-order valence-corrected chi connectivity index (χ3v) is 4.47. The van der Waals surface area contributed by atoms with E-state index in [-0.39, 0.29) is 13.2 Å². The SMILES string of the molecule is CC(C)/C(=C/COC(=O)OC/C=C(\c1ccccc1)C(C)C)c1ccccc1. The monoisotopic (exact) mass is 378 g/mol. The quantitative estimate of drug-likeness (QED) is 0.484. The Morgan fingerprint density at radius 2 is 1.07 bits per heavy atom. The summed E-state index contributed by atoms with van der Waals surface area (Å²) in [5, 5.41) is 0. The van der Waals surface area contributed by atoms with Gasteiger partial charge in [0.15, 0.2) is 0 Å². The summed E-state index contributed by atoms with van der Waals surface area (Å²) in [5.74, 6) is 0.675. The van der Waals surface area contributed by atoms with Gasteiger partial charge in [-0.05, 0) is 46.3 Å². The van der Waals surface area contributed by atoms with Gasteiger partial charge in [0.1, 0.15) is 13.2 Å². The molecule has 0 N–H and O–H groups in total. The molecular formula is C25H30O3. The second-order valence-corrected chi connectivity index (χ2v) is 7.23. The first-order valence-electron chi connectivity index (χ1n) is 9.79. The number of hydrogen-bond donors (Lipinski definition) is 0. The lowest BCUT2D eigenvalue weighted by Crippen LogP contribution is -2.09. The predicted molar refractivity (Wildman–Crippen MR) is 116 cm³/mol. The maximum atomic E-state index is 11.9. The Morgan fingerprint density at radius 3 is 1.39 bits per heavy atom. The number of rotatable bonds is 8. The van der Waals surface area contributed by atoms with Crippen LogP contribution >= 0.6 is 0 Å². The van der Waals surface area contributed by atoms with Gasteiger partial charge in [-0.15, -0.1) is 0 Å². The van der Waals surface area contributed by atoms with Crippen molar-refractivity contribution in [2.24, 2.45) is 11.8 Å². The lowest BCUT2D eigenvalue weighted by Gasteiger charge is -2.13. The number of carbonyl (C=O) groups excluding carboxylic acids is 1. The summed E-state index contributed by atoms with van der Waals surface area (Å²) < 4.78 is 10.5. The van der Waals surface area contributed by atoms with Gasteiger partial charge in [0.2, 0.25) is 0 Å². The second-order valence-electron chi connectivity index (χ2n) is 7.23. The highest BCUT2D eigenvalue weighted by atomic mass is 16.7. The van der Waals surface area contributed by atoms with Crippen molar-refractivity contribution in [3.63, 3.8) is 0 Å². The van der Waals surface area contributed by atoms with Crippen LogP contribution in [0.2, 0.25) is 0 Å². The summed E-state index contributed by atoms with van der Waals surface area (Å²) in [6, 6.07) is 20.2. The van der Waals surface area contributed by atoms with Crippen molar-refractivity contribution in [2.45, 2.75) is 27.7 Å². The Balaban J connectivity index is 1.89. The Morgan fingerprint density at radius 1 is 0.714 bits per heavy atom. The smallest absolute Gasteiger partial charge is 0.430 e. The van der Waals surface area contributed by atoms with E-state index in [1.807, 2.05) is 48.6 Å². The highest BCUT2D eigenvalue weighted by molar-refractivity contribution is 5.68. The third-order valence-electron chi connectivity index (χ3n) is 4.47. The molecular weight excluding hydrogens is 348 g/mol. The van der Waals surface area contributed by atoms with E-state index in [0.29, 0.717) is 11.8 Å². The van der Waals surface area contributed by atoms with E-state index < -0.39 is 6.16 Å². The van der Waals surface area contributed by atoms with Crippen molar-refractivity contribution in [2.75, 3.05) is 13.2 Å². The minimum absolute atomic E-state index is 0.195. The molecule has 2 rings (SSSR count). The maximum Gasteiger partial charge on any atom is 0.508 e. The molecule has 2 aromatic rings. The molecule has 0 saturated heterocycles. The number of benzene rings is 2. The topological polar surface area (TPSA) is 35.5 Å². The summed E-state index contributed by atoms with van der Waals surface area (Å²) in [7, 11) is 0. The van der Waals surface area contributed by atoms with E-state index in [1.165, 1.54) is 0 Å². The molecule has 2 aromatic carbocycles. The van der Waals surface area contributed by atoms with Crippen LogP contribution < -0.4 is 0 Å². The van der Waals surface area contributed by atoms with E-state index in [0.717, 1.165) is 22.3 Å². The number of ether oxygens (including phenoxy) is 2. The lowest BCUT2D eigenvalue weighted by molar-refractivity contribution is 0.0718. The Bertz CT molecular complexity index is 720. The molecule has 0 aliphatic carbocycles. The highest BCUT2D eigenvalue weighted by Crippen LogP contribution is 2.23. The first-order chi connectivity index (χ1) is 13.5. The van der Waals surface area contributed by atoms with E-state index in [2.05, 4.69) is 52.0 Å². The van der Waals surface area contributed by atoms with Gasteiger partial charge in [-0.3, -0.25) is 0 Å². The fourth-order valence-electron chi connectivity index (χ4n) is 3.08. The minimum Gasteiger partial charge on any atom is -0.430 e. The van der Waals surface area contributed by atoms with Crippen molar-refractivity contribution < 1.29 is 14.3 Å². The fourth-order valence-corrected chi connectivity index (χ4v) is 3.08. The summed E-state index contributed by atoms with van der Waals surface area (Å²) in [4.78, 5) is 11.9. The molecule has 0 fully saturated rings. The average Bonchev–Trinajstić information content (AvgIpc) is 2.69. The molecule has 0 spiro atoms. The molecule has 0 amide bonds. The molecule has 0 heterocycles. The van der Waals surface area contributed by atoms with Crippen LogP contribution in [-0.4, -0.2) is 19.4 Å². The molecule has 0 bridgehead atoms. The van der Waals surface area contributed by atoms with Crippen molar-refractivity contribution in [3.8, 4) is 0 Å². The van der Waals surface area contributed by atoms with Crippen LogP contribution in [0.25, 0.3) is 11.1 Å². The Hall–Kier alpha value is -2.81. The third kappa shape index (κ3) is 6.73. The minimum atomic E-state index is -0.653. The van der Waals surface area contributed by atoms with Gasteiger partial charge >= 0.3 is 6.16 Å². The van der Waals surface area contributed by atoms with Gasteiger partial charge in [-0.25, -0.2) is 4.79 Å². The van der Waals surface area contributed by atoms with E-state index in [1.54, 1.807) is 0 Å². The van der Waals surface area contributed by atoms with Crippen molar-refractivity contribution in [1.82, 2.24) is 0 Å².